The molecule has 5 aliphatic rings. The Labute approximate surface area is 178 Å². The maximum atomic E-state index is 10.2. The Kier molecular flexibility index (Phi) is 4.78. The van der Waals surface area contributed by atoms with Crippen LogP contribution in [0.25, 0.3) is 0 Å². The maximum absolute atomic E-state index is 10.2. The van der Waals surface area contributed by atoms with Crippen LogP contribution in [0.5, 0.6) is 0 Å². The monoisotopic (exact) mass is 398 g/mol. The second-order valence-electron chi connectivity index (χ2n) is 12.1. The van der Waals surface area contributed by atoms with Gasteiger partial charge in [0.1, 0.15) is 6.10 Å². The van der Waals surface area contributed by atoms with E-state index in [-0.39, 0.29) is 6.10 Å². The number of hydrogen-bond acceptors (Lipinski definition) is 2. The van der Waals surface area contributed by atoms with Gasteiger partial charge in [-0.05, 0) is 98.4 Å². The van der Waals surface area contributed by atoms with Crippen molar-refractivity contribution in [1.29, 1.82) is 0 Å². The molecule has 0 radical (unpaired) electrons. The molecule has 0 spiro atoms. The van der Waals surface area contributed by atoms with Crippen LogP contribution in [0.15, 0.2) is 23.0 Å². The first-order chi connectivity index (χ1) is 13.7. The van der Waals surface area contributed by atoms with Crippen LogP contribution in [0.3, 0.4) is 0 Å². The van der Waals surface area contributed by atoms with E-state index in [9.17, 15) is 5.11 Å². The zero-order valence-electron chi connectivity index (χ0n) is 19.3. The van der Waals surface area contributed by atoms with Crippen LogP contribution in [0.1, 0.15) is 92.4 Å². The molecule has 1 aliphatic heterocycles. The molecule has 1 N–H and O–H groups in total. The number of hydrogen-bond donors (Lipinski definition) is 1. The van der Waals surface area contributed by atoms with Gasteiger partial charge in [0.25, 0.3) is 0 Å². The van der Waals surface area contributed by atoms with Crippen molar-refractivity contribution in [3.05, 3.63) is 23.0 Å². The Bertz CT molecular complexity index is 733. The number of ether oxygens (including phenoxy) is 1. The molecule has 1 heterocycles. The first-order valence-electron chi connectivity index (χ1n) is 12.5. The summed E-state index contributed by atoms with van der Waals surface area (Å²) in [6.07, 6.45) is 13.6. The fourth-order valence-electron chi connectivity index (χ4n) is 8.65. The topological polar surface area (TPSA) is 29.5 Å². The molecule has 4 aliphatic carbocycles. The molecule has 0 bridgehead atoms. The second kappa shape index (κ2) is 6.87. The molecule has 0 aromatic rings. The van der Waals surface area contributed by atoms with Crippen molar-refractivity contribution in [1.82, 2.24) is 0 Å². The Morgan fingerprint density at radius 3 is 2.72 bits per heavy atom. The summed E-state index contributed by atoms with van der Waals surface area (Å²) in [7, 11) is 0. The highest BCUT2D eigenvalue weighted by molar-refractivity contribution is 5.30. The van der Waals surface area contributed by atoms with Gasteiger partial charge in [0, 0.05) is 12.3 Å². The third-order valence-corrected chi connectivity index (χ3v) is 10.2. The average molecular weight is 399 g/mol. The highest BCUT2D eigenvalue weighted by Gasteiger charge is 2.63. The van der Waals surface area contributed by atoms with E-state index in [1.807, 2.05) is 0 Å². The maximum Gasteiger partial charge on any atom is 0.106 e. The molecule has 8 atom stereocenters. The number of rotatable bonds is 3. The van der Waals surface area contributed by atoms with E-state index in [0.29, 0.717) is 22.9 Å². The predicted molar refractivity (Wildman–Crippen MR) is 118 cm³/mol. The largest absolute Gasteiger partial charge is 0.494 e. The molecule has 2 heteroatoms. The lowest BCUT2D eigenvalue weighted by molar-refractivity contribution is -0.0454. The van der Waals surface area contributed by atoms with Crippen LogP contribution < -0.4 is 0 Å². The van der Waals surface area contributed by atoms with Crippen molar-refractivity contribution in [3.8, 4) is 0 Å². The van der Waals surface area contributed by atoms with E-state index in [0.717, 1.165) is 42.9 Å². The molecule has 3 fully saturated rings. The van der Waals surface area contributed by atoms with E-state index in [1.165, 1.54) is 44.3 Å². The van der Waals surface area contributed by atoms with Gasteiger partial charge in [0.2, 0.25) is 0 Å². The van der Waals surface area contributed by atoms with Gasteiger partial charge in [-0.1, -0.05) is 39.3 Å². The lowest BCUT2D eigenvalue weighted by Gasteiger charge is -2.57. The van der Waals surface area contributed by atoms with Gasteiger partial charge in [0.15, 0.2) is 0 Å². The molecular formula is C27H42O2. The lowest BCUT2D eigenvalue weighted by atomic mass is 9.47. The van der Waals surface area contributed by atoms with E-state index in [2.05, 4.69) is 40.7 Å². The normalized spacial score (nSPS) is 48.6. The third-order valence-electron chi connectivity index (χ3n) is 10.2. The standard InChI is InChI=1S/C27H42O2/c1-16(2)6-9-23-17(3)25-24(29-23)15-22-20-8-7-18-14-19(28)10-12-26(18,4)21(20)11-13-27(22,25)5/h7,16,19-22,24-25,28H,6,8-15H2,1-5H3/t19?,20-,21+,22+,24+,25+,26+,27+/m1/s1. The van der Waals surface area contributed by atoms with E-state index < -0.39 is 0 Å². The summed E-state index contributed by atoms with van der Waals surface area (Å²) < 4.78 is 6.66. The Morgan fingerprint density at radius 2 is 1.97 bits per heavy atom. The Balaban J connectivity index is 1.41. The van der Waals surface area contributed by atoms with Gasteiger partial charge in [0.05, 0.1) is 11.9 Å². The first kappa shape index (κ1) is 20.2. The summed E-state index contributed by atoms with van der Waals surface area (Å²) in [5.41, 5.74) is 3.95. The molecule has 162 valence electrons. The van der Waals surface area contributed by atoms with Crippen LogP contribution in [0.4, 0.5) is 0 Å². The fourth-order valence-corrected chi connectivity index (χ4v) is 8.65. The molecule has 0 aromatic carbocycles. The summed E-state index contributed by atoms with van der Waals surface area (Å²) >= 11 is 0. The molecule has 2 nitrogen and oxygen atoms in total. The van der Waals surface area contributed by atoms with E-state index in [1.54, 1.807) is 11.1 Å². The van der Waals surface area contributed by atoms with Crippen LogP contribution in [-0.4, -0.2) is 17.3 Å². The summed E-state index contributed by atoms with van der Waals surface area (Å²) in [5, 5.41) is 10.2. The quantitative estimate of drug-likeness (QED) is 0.540. The highest BCUT2D eigenvalue weighted by Crippen LogP contribution is 2.68. The molecule has 0 saturated heterocycles. The van der Waals surface area contributed by atoms with E-state index >= 15 is 0 Å². The summed E-state index contributed by atoms with van der Waals surface area (Å²) in [6, 6.07) is 0. The van der Waals surface area contributed by atoms with Crippen molar-refractivity contribution in [3.63, 3.8) is 0 Å². The zero-order valence-corrected chi connectivity index (χ0v) is 19.3. The number of aliphatic hydroxyl groups excluding tert-OH is 1. The Hall–Kier alpha value is -0.760. The molecule has 3 saturated carbocycles. The Morgan fingerprint density at radius 1 is 1.17 bits per heavy atom. The fraction of sp³-hybridized carbons (Fsp3) is 0.852. The lowest BCUT2D eigenvalue weighted by Crippen LogP contribution is -2.50. The van der Waals surface area contributed by atoms with Gasteiger partial charge >= 0.3 is 0 Å². The molecule has 0 amide bonds. The van der Waals surface area contributed by atoms with E-state index in [4.69, 9.17) is 4.74 Å². The van der Waals surface area contributed by atoms with Crippen molar-refractivity contribution in [2.24, 2.45) is 40.4 Å². The summed E-state index contributed by atoms with van der Waals surface area (Å²) in [5.74, 6) is 5.18. The molecule has 0 aromatic heterocycles. The molecule has 1 unspecified atom stereocenters. The number of allylic oxidation sites excluding steroid dienone is 2. The number of aliphatic hydroxyl groups is 1. The third kappa shape index (κ3) is 2.91. The minimum absolute atomic E-state index is 0.101. The van der Waals surface area contributed by atoms with Gasteiger partial charge < -0.3 is 9.84 Å². The number of fused-ring (bicyclic) bond motifs is 7. The average Bonchev–Trinajstić information content (AvgIpc) is 3.14. The van der Waals surface area contributed by atoms with Crippen LogP contribution >= 0.6 is 0 Å². The minimum Gasteiger partial charge on any atom is -0.494 e. The zero-order chi connectivity index (χ0) is 20.6. The SMILES string of the molecule is CC1=C(CCC(C)C)O[C@H]2C[C@H]3[C@@H]4CC=C5CC(O)CC[C@]5(C)[C@H]4CC[C@]3(C)[C@@H]12. The van der Waals surface area contributed by atoms with Gasteiger partial charge in [-0.2, -0.15) is 0 Å². The molecular weight excluding hydrogens is 356 g/mol. The first-order valence-corrected chi connectivity index (χ1v) is 12.5. The van der Waals surface area contributed by atoms with Crippen LogP contribution in [0, 0.1) is 40.4 Å². The minimum atomic E-state index is -0.101. The van der Waals surface area contributed by atoms with Crippen molar-refractivity contribution in [2.75, 3.05) is 0 Å². The van der Waals surface area contributed by atoms with Crippen molar-refractivity contribution >= 4 is 0 Å². The van der Waals surface area contributed by atoms with Gasteiger partial charge in [-0.25, -0.2) is 0 Å². The predicted octanol–water partition coefficient (Wildman–Crippen LogP) is 6.65. The molecule has 5 rings (SSSR count). The second-order valence-corrected chi connectivity index (χ2v) is 12.1. The smallest absolute Gasteiger partial charge is 0.106 e. The van der Waals surface area contributed by atoms with Crippen molar-refractivity contribution < 1.29 is 9.84 Å². The molecule has 29 heavy (non-hydrogen) atoms. The highest BCUT2D eigenvalue weighted by atomic mass is 16.5. The van der Waals surface area contributed by atoms with Crippen LogP contribution in [-0.2, 0) is 4.74 Å². The summed E-state index contributed by atoms with van der Waals surface area (Å²) in [4.78, 5) is 0. The van der Waals surface area contributed by atoms with Crippen molar-refractivity contribution in [2.45, 2.75) is 105 Å². The van der Waals surface area contributed by atoms with Gasteiger partial charge in [-0.15, -0.1) is 0 Å². The van der Waals surface area contributed by atoms with Gasteiger partial charge in [-0.3, -0.25) is 0 Å². The summed E-state index contributed by atoms with van der Waals surface area (Å²) in [6.45, 7) is 12.2. The van der Waals surface area contributed by atoms with Crippen LogP contribution in [0.2, 0.25) is 0 Å².